The van der Waals surface area contributed by atoms with Gasteiger partial charge in [0.1, 0.15) is 45.5 Å². The van der Waals surface area contributed by atoms with Gasteiger partial charge in [0, 0.05) is 104 Å². The molecule has 378 valence electrons. The lowest BCUT2D eigenvalue weighted by Crippen LogP contribution is -2.59. The number of carbonyl (C=O) groups excluding carboxylic acids is 3. The predicted molar refractivity (Wildman–Crippen MR) is 275 cm³/mol. The number of benzene rings is 2. The number of ether oxygens (including phenoxy) is 6. The first-order chi connectivity index (χ1) is 35.3. The molecule has 4 aromatic heterocycles. The molecule has 20 heteroatoms. The second kappa shape index (κ2) is 19.2. The van der Waals surface area contributed by atoms with Gasteiger partial charge in [-0.15, -0.1) is 22.7 Å². The third kappa shape index (κ3) is 9.80. The van der Waals surface area contributed by atoms with Gasteiger partial charge in [0.25, 0.3) is 0 Å². The Morgan fingerprint density at radius 2 is 1.11 bits per heavy atom. The van der Waals surface area contributed by atoms with E-state index in [1.807, 2.05) is 42.8 Å². The molecular weight excluding hydrogens is 1010 g/mol. The van der Waals surface area contributed by atoms with Crippen LogP contribution in [0.15, 0.2) is 59.8 Å². The van der Waals surface area contributed by atoms with Crippen LogP contribution < -0.4 is 9.47 Å². The molecule has 73 heavy (non-hydrogen) atoms. The van der Waals surface area contributed by atoms with Crippen LogP contribution in [0.4, 0.5) is 15.3 Å². The van der Waals surface area contributed by atoms with E-state index in [4.69, 9.17) is 58.2 Å². The molecule has 7 fully saturated rings. The number of Topliss-reactive ketones (excluding diaryl/α,β-unsaturated/α-hetero) is 1. The van der Waals surface area contributed by atoms with Gasteiger partial charge in [-0.1, -0.05) is 47.5 Å². The fourth-order valence-corrected chi connectivity index (χ4v) is 12.8. The van der Waals surface area contributed by atoms with E-state index in [1.54, 1.807) is 28.0 Å². The van der Waals surface area contributed by atoms with Gasteiger partial charge in [-0.25, -0.2) is 34.4 Å². The van der Waals surface area contributed by atoms with Crippen LogP contribution in [0.2, 0.25) is 10.0 Å². The lowest BCUT2D eigenvalue weighted by molar-refractivity contribution is -0.111. The van der Waals surface area contributed by atoms with Gasteiger partial charge >= 0.3 is 12.2 Å². The first-order valence-corrected chi connectivity index (χ1v) is 27.2. The number of fused-ring (bicyclic) bond motifs is 6. The molecule has 4 unspecified atom stereocenters. The molecule has 4 saturated heterocycles. The Hall–Kier alpha value is -5.68. The number of piperidine rings is 2. The van der Waals surface area contributed by atoms with Crippen LogP contribution in [0.25, 0.3) is 47.5 Å². The predicted octanol–water partition coefficient (Wildman–Crippen LogP) is 11.2. The Balaban J connectivity index is 0.000000149. The van der Waals surface area contributed by atoms with Crippen LogP contribution in [0.1, 0.15) is 62.7 Å². The summed E-state index contributed by atoms with van der Waals surface area (Å²) in [7, 11) is 0. The van der Waals surface area contributed by atoms with Gasteiger partial charge in [0.2, 0.25) is 11.8 Å². The van der Waals surface area contributed by atoms with E-state index in [2.05, 4.69) is 24.8 Å². The minimum atomic E-state index is -0.296. The van der Waals surface area contributed by atoms with Crippen molar-refractivity contribution in [2.24, 2.45) is 29.6 Å². The molecule has 3 aliphatic carbocycles. The topological polar surface area (TPSA) is 169 Å². The maximum absolute atomic E-state index is 12.8. The van der Waals surface area contributed by atoms with Crippen molar-refractivity contribution in [2.45, 2.75) is 75.8 Å². The second-order valence-electron chi connectivity index (χ2n) is 20.8. The number of nitrogens with zero attached hydrogens (tertiary/aromatic N) is 7. The number of rotatable bonds is 10. The Bertz CT molecular complexity index is 3180. The number of ketones is 1. The highest BCUT2D eigenvalue weighted by atomic mass is 35.5. The number of aromatic nitrogens is 4. The molecule has 16 nitrogen and oxygen atoms in total. The smallest absolute Gasteiger partial charge is 0.410 e. The van der Waals surface area contributed by atoms with Gasteiger partial charge in [-0.2, -0.15) is 0 Å². The fraction of sp³-hybridized carbons (Fsp3) is 0.472. The van der Waals surface area contributed by atoms with E-state index in [9.17, 15) is 14.4 Å². The highest BCUT2D eigenvalue weighted by Gasteiger charge is 2.49. The van der Waals surface area contributed by atoms with Crippen molar-refractivity contribution in [3.8, 4) is 34.0 Å². The van der Waals surface area contributed by atoms with Gasteiger partial charge in [0.15, 0.2) is 11.5 Å². The molecule has 2 aromatic carbocycles. The first kappa shape index (κ1) is 48.3. The number of carbonyl (C=O) groups is 3. The molecular formula is C53H51Cl2N7O9S2. The van der Waals surface area contributed by atoms with Crippen LogP contribution in [0.3, 0.4) is 0 Å². The first-order valence-electron chi connectivity index (χ1n) is 24.7. The normalized spacial score (nSPS) is 25.2. The van der Waals surface area contributed by atoms with Crippen molar-refractivity contribution in [1.29, 1.82) is 0 Å². The standard InChI is InChI=1S/C28H28ClN3O5S.C25H23ClN4O4S/c1-28(6-7-28)37-27(34)32-9-17-11-35-12-18(10-32)24(17)36-26-25-22(30-14-31-26)20(13-38-25)19-5-4-16(8-21(19)29)23(33)15-2-3-15;1-25(5-6-25)34-24(31)30-8-14-10-32-11-15(9-30)21(14)33-23-22-20(28-13-29-23)18(12-35-22)17-4-3-16(27-2)7-19(17)26/h4-5,8,13-15,17-18,24H,2-3,6-7,9-12H2,1H3;3-4,7,12-15,21H,5-6,8-11H2,1H3. The number of amides is 2. The molecule has 0 spiro atoms. The van der Waals surface area contributed by atoms with Crippen LogP contribution in [0, 0.1) is 36.2 Å². The molecule has 0 radical (unpaired) electrons. The zero-order chi connectivity index (χ0) is 50.2. The van der Waals surface area contributed by atoms with E-state index in [0.29, 0.717) is 85.7 Å². The largest absolute Gasteiger partial charge is 0.472 e. The lowest BCUT2D eigenvalue weighted by atomic mass is 9.84. The minimum Gasteiger partial charge on any atom is -0.472 e. The maximum atomic E-state index is 12.8. The summed E-state index contributed by atoms with van der Waals surface area (Å²) in [5.41, 5.74) is 5.51. The van der Waals surface area contributed by atoms with Crippen molar-refractivity contribution < 1.29 is 42.8 Å². The molecule has 2 amide bonds. The van der Waals surface area contributed by atoms with Crippen LogP contribution in [0.5, 0.6) is 11.8 Å². The summed E-state index contributed by atoms with van der Waals surface area (Å²) >= 11 is 16.1. The van der Waals surface area contributed by atoms with Crippen molar-refractivity contribution in [1.82, 2.24) is 29.7 Å². The zero-order valence-electron chi connectivity index (χ0n) is 40.1. The van der Waals surface area contributed by atoms with E-state index in [-0.39, 0.29) is 71.0 Å². The van der Waals surface area contributed by atoms with E-state index in [0.717, 1.165) is 81.2 Å². The summed E-state index contributed by atoms with van der Waals surface area (Å²) in [5.74, 6) is 1.49. The summed E-state index contributed by atoms with van der Waals surface area (Å²) in [4.78, 5) is 63.0. The van der Waals surface area contributed by atoms with Gasteiger partial charge in [-0.05, 0) is 64.5 Å². The molecule has 4 bridgehead atoms. The average Bonchev–Trinajstić information content (AvgIpc) is 4.35. The second-order valence-corrected chi connectivity index (χ2v) is 23.4. The number of thiophene rings is 2. The van der Waals surface area contributed by atoms with Crippen molar-refractivity contribution in [2.75, 3.05) is 52.6 Å². The van der Waals surface area contributed by atoms with E-state index >= 15 is 0 Å². The molecule has 4 atom stereocenters. The molecule has 6 aromatic rings. The monoisotopic (exact) mass is 1060 g/mol. The quantitative estimate of drug-likeness (QED) is 0.0939. The van der Waals surface area contributed by atoms with E-state index in [1.165, 1.54) is 35.3 Å². The number of hydrogen-bond donors (Lipinski definition) is 0. The van der Waals surface area contributed by atoms with Crippen molar-refractivity contribution in [3.05, 3.63) is 86.8 Å². The highest BCUT2D eigenvalue weighted by Crippen LogP contribution is 2.46. The molecule has 13 rings (SSSR count). The number of hydrogen-bond acceptors (Lipinski definition) is 15. The summed E-state index contributed by atoms with van der Waals surface area (Å²) < 4.78 is 37.8. The maximum Gasteiger partial charge on any atom is 0.410 e. The molecule has 7 aliphatic rings. The van der Waals surface area contributed by atoms with Crippen LogP contribution in [-0.2, 0) is 18.9 Å². The lowest BCUT2D eigenvalue weighted by Gasteiger charge is -2.46. The molecule has 8 heterocycles. The van der Waals surface area contributed by atoms with Crippen molar-refractivity contribution in [3.63, 3.8) is 0 Å². The number of halogens is 2. The summed E-state index contributed by atoms with van der Waals surface area (Å²) in [6.07, 6.45) is 7.93. The average molecular weight is 1070 g/mol. The van der Waals surface area contributed by atoms with Crippen LogP contribution in [-0.4, -0.2) is 124 Å². The SMILES string of the molecule is CC1(OC(=O)N2CC3COCC(C2)C3Oc2ncnc3c(-c4ccc(C(=O)C5CC5)cc4Cl)csc23)CC1.[C-]#[N+]c1ccc(-c2csc3c(OC4C5COCC4CN(C(=O)OC4(C)CC4)C5)ncnc23)c(Cl)c1. The summed E-state index contributed by atoms with van der Waals surface area (Å²) in [5, 5.41) is 5.04. The zero-order valence-corrected chi connectivity index (χ0v) is 43.2. The molecule has 0 N–H and O–H groups in total. The third-order valence-electron chi connectivity index (χ3n) is 15.1. The summed E-state index contributed by atoms with van der Waals surface area (Å²) in [6.45, 7) is 15.4. The van der Waals surface area contributed by atoms with Gasteiger partial charge < -0.3 is 38.2 Å². The van der Waals surface area contributed by atoms with Gasteiger partial charge in [0.05, 0.1) is 44.0 Å². The fourth-order valence-electron chi connectivity index (χ4n) is 10.3. The minimum absolute atomic E-state index is 0.0255. The number of likely N-dealkylation sites (tertiary alicyclic amines) is 2. The Kier molecular flexibility index (Phi) is 12.7. The Labute approximate surface area is 439 Å². The van der Waals surface area contributed by atoms with Gasteiger partial charge in [-0.3, -0.25) is 4.79 Å². The Morgan fingerprint density at radius 1 is 0.658 bits per heavy atom. The van der Waals surface area contributed by atoms with Crippen LogP contribution >= 0.6 is 45.9 Å². The highest BCUT2D eigenvalue weighted by molar-refractivity contribution is 7.18. The molecule has 3 saturated carbocycles. The summed E-state index contributed by atoms with van der Waals surface area (Å²) in [6, 6.07) is 10.8. The third-order valence-corrected chi connectivity index (χ3v) is 17.6. The molecule has 4 aliphatic heterocycles. The Morgan fingerprint density at radius 3 is 1.52 bits per heavy atom. The van der Waals surface area contributed by atoms with E-state index < -0.39 is 0 Å². The van der Waals surface area contributed by atoms with Crippen molar-refractivity contribution >= 4 is 90.0 Å².